The minimum absolute atomic E-state index is 0.0461. The summed E-state index contributed by atoms with van der Waals surface area (Å²) in [5.74, 6) is 0.648. The van der Waals surface area contributed by atoms with Gasteiger partial charge in [-0.2, -0.15) is 0 Å². The molecule has 24 heavy (non-hydrogen) atoms. The topological polar surface area (TPSA) is 64.6 Å². The summed E-state index contributed by atoms with van der Waals surface area (Å²) in [4.78, 5) is 24.2. The molecule has 0 aliphatic rings. The van der Waals surface area contributed by atoms with E-state index in [2.05, 4.69) is 5.32 Å². The Morgan fingerprint density at radius 2 is 1.79 bits per heavy atom. The number of carbonyl (C=O) groups is 2. The quantitative estimate of drug-likeness (QED) is 0.770. The van der Waals surface area contributed by atoms with Crippen molar-refractivity contribution in [2.75, 3.05) is 19.5 Å². The standard InChI is InChI=1S/C18H18ClNO4/c1-23-12-7-9-17(24-2)15(11-12)20-18(22)10-8-16(21)13-5-3-4-6-14(13)19/h3-7,9,11H,8,10H2,1-2H3,(H,20,22). The Hall–Kier alpha value is -2.53. The third-order valence-electron chi connectivity index (χ3n) is 3.43. The number of nitrogens with one attached hydrogen (secondary N) is 1. The second-order valence-electron chi connectivity index (χ2n) is 5.02. The van der Waals surface area contributed by atoms with Crippen molar-refractivity contribution < 1.29 is 19.1 Å². The maximum absolute atomic E-state index is 12.1. The first kappa shape index (κ1) is 17.8. The average molecular weight is 348 g/mol. The Labute approximate surface area is 145 Å². The summed E-state index contributed by atoms with van der Waals surface area (Å²) in [5.41, 5.74) is 0.915. The van der Waals surface area contributed by atoms with Gasteiger partial charge in [0.05, 0.1) is 24.9 Å². The van der Waals surface area contributed by atoms with Crippen molar-refractivity contribution in [1.29, 1.82) is 0 Å². The number of benzene rings is 2. The molecule has 1 N–H and O–H groups in total. The summed E-state index contributed by atoms with van der Waals surface area (Å²) in [6.45, 7) is 0. The molecule has 0 aromatic heterocycles. The summed E-state index contributed by atoms with van der Waals surface area (Å²) in [6.07, 6.45) is 0.117. The molecule has 0 saturated heterocycles. The molecule has 0 aliphatic carbocycles. The molecule has 6 heteroatoms. The number of ketones is 1. The van der Waals surface area contributed by atoms with Crippen molar-refractivity contribution in [3.8, 4) is 11.5 Å². The van der Waals surface area contributed by atoms with Crippen LogP contribution in [0.15, 0.2) is 42.5 Å². The lowest BCUT2D eigenvalue weighted by Crippen LogP contribution is -2.14. The third kappa shape index (κ3) is 4.49. The molecule has 1 amide bonds. The zero-order valence-electron chi connectivity index (χ0n) is 13.5. The third-order valence-corrected chi connectivity index (χ3v) is 3.76. The number of carbonyl (C=O) groups excluding carboxylic acids is 2. The van der Waals surface area contributed by atoms with Gasteiger partial charge >= 0.3 is 0 Å². The van der Waals surface area contributed by atoms with Crippen molar-refractivity contribution >= 4 is 29.0 Å². The van der Waals surface area contributed by atoms with Gasteiger partial charge in [-0.05, 0) is 24.3 Å². The van der Waals surface area contributed by atoms with Crippen molar-refractivity contribution in [3.63, 3.8) is 0 Å². The first-order valence-electron chi connectivity index (χ1n) is 7.34. The highest BCUT2D eigenvalue weighted by Crippen LogP contribution is 2.29. The van der Waals surface area contributed by atoms with Gasteiger partial charge in [0, 0.05) is 24.5 Å². The van der Waals surface area contributed by atoms with Gasteiger partial charge in [0.2, 0.25) is 5.91 Å². The van der Waals surface area contributed by atoms with Gasteiger partial charge in [-0.1, -0.05) is 23.7 Å². The first-order chi connectivity index (χ1) is 11.5. The van der Waals surface area contributed by atoms with Crippen LogP contribution in [0.4, 0.5) is 5.69 Å². The molecule has 0 saturated carbocycles. The van der Waals surface area contributed by atoms with E-state index < -0.39 is 0 Å². The fourth-order valence-electron chi connectivity index (χ4n) is 2.17. The van der Waals surface area contributed by atoms with Crippen LogP contribution in [0.2, 0.25) is 5.02 Å². The predicted octanol–water partition coefficient (Wildman–Crippen LogP) is 3.96. The molecular formula is C18H18ClNO4. The Morgan fingerprint density at radius 3 is 2.46 bits per heavy atom. The number of Topliss-reactive ketones (excluding diaryl/α,β-unsaturated/α-hetero) is 1. The van der Waals surface area contributed by atoms with Crippen LogP contribution >= 0.6 is 11.6 Å². The predicted molar refractivity (Wildman–Crippen MR) is 93.2 cm³/mol. The van der Waals surface area contributed by atoms with Crippen molar-refractivity contribution in [1.82, 2.24) is 0 Å². The SMILES string of the molecule is COc1ccc(OC)c(NC(=O)CCC(=O)c2ccccc2Cl)c1. The average Bonchev–Trinajstić information content (AvgIpc) is 2.60. The van der Waals surface area contributed by atoms with Crippen molar-refractivity contribution in [2.24, 2.45) is 0 Å². The number of hydrogen-bond acceptors (Lipinski definition) is 4. The van der Waals surface area contributed by atoms with E-state index in [-0.39, 0.29) is 24.5 Å². The van der Waals surface area contributed by atoms with Gasteiger partial charge in [-0.15, -0.1) is 0 Å². The molecule has 0 radical (unpaired) electrons. The van der Waals surface area contributed by atoms with E-state index in [0.29, 0.717) is 27.8 Å². The Morgan fingerprint density at radius 1 is 1.04 bits per heavy atom. The summed E-state index contributed by atoms with van der Waals surface area (Å²) in [6, 6.07) is 11.9. The van der Waals surface area contributed by atoms with Crippen LogP contribution < -0.4 is 14.8 Å². The van der Waals surface area contributed by atoms with E-state index in [1.165, 1.54) is 14.2 Å². The number of rotatable bonds is 7. The molecule has 0 spiro atoms. The van der Waals surface area contributed by atoms with Gasteiger partial charge in [0.25, 0.3) is 0 Å². The van der Waals surface area contributed by atoms with Crippen LogP contribution in [0.25, 0.3) is 0 Å². The van der Waals surface area contributed by atoms with E-state index >= 15 is 0 Å². The van der Waals surface area contributed by atoms with E-state index in [4.69, 9.17) is 21.1 Å². The van der Waals surface area contributed by atoms with E-state index in [1.807, 2.05) is 0 Å². The minimum Gasteiger partial charge on any atom is -0.497 e. The molecular weight excluding hydrogens is 330 g/mol. The molecule has 2 aromatic rings. The van der Waals surface area contributed by atoms with E-state index in [1.54, 1.807) is 42.5 Å². The molecule has 0 atom stereocenters. The molecule has 2 aromatic carbocycles. The van der Waals surface area contributed by atoms with Crippen molar-refractivity contribution in [2.45, 2.75) is 12.8 Å². The van der Waals surface area contributed by atoms with Crippen molar-refractivity contribution in [3.05, 3.63) is 53.1 Å². The molecule has 0 unspecified atom stereocenters. The van der Waals surface area contributed by atoms with Crippen LogP contribution in [0, 0.1) is 0 Å². The number of hydrogen-bond donors (Lipinski definition) is 1. The fourth-order valence-corrected chi connectivity index (χ4v) is 2.41. The Balaban J connectivity index is 1.99. The molecule has 0 heterocycles. The number of methoxy groups -OCH3 is 2. The summed E-state index contributed by atoms with van der Waals surface area (Å²) in [7, 11) is 3.05. The molecule has 5 nitrogen and oxygen atoms in total. The van der Waals surface area contributed by atoms with Crippen LogP contribution in [-0.2, 0) is 4.79 Å². The number of halogens is 1. The first-order valence-corrected chi connectivity index (χ1v) is 7.72. The second-order valence-corrected chi connectivity index (χ2v) is 5.42. The normalized spacial score (nSPS) is 10.1. The lowest BCUT2D eigenvalue weighted by molar-refractivity contribution is -0.116. The summed E-state index contributed by atoms with van der Waals surface area (Å²) >= 11 is 5.99. The highest BCUT2D eigenvalue weighted by molar-refractivity contribution is 6.34. The number of amides is 1. The van der Waals surface area contributed by atoms with Gasteiger partial charge in [0.15, 0.2) is 5.78 Å². The van der Waals surface area contributed by atoms with E-state index in [9.17, 15) is 9.59 Å². The highest BCUT2D eigenvalue weighted by atomic mass is 35.5. The number of anilines is 1. The fraction of sp³-hybridized carbons (Fsp3) is 0.222. The smallest absolute Gasteiger partial charge is 0.224 e. The van der Waals surface area contributed by atoms with Crippen LogP contribution in [0.1, 0.15) is 23.2 Å². The van der Waals surface area contributed by atoms with Crippen LogP contribution in [0.5, 0.6) is 11.5 Å². The largest absolute Gasteiger partial charge is 0.497 e. The highest BCUT2D eigenvalue weighted by Gasteiger charge is 2.14. The lowest BCUT2D eigenvalue weighted by Gasteiger charge is -2.11. The van der Waals surface area contributed by atoms with Gasteiger partial charge < -0.3 is 14.8 Å². The van der Waals surface area contributed by atoms with Gasteiger partial charge in [-0.3, -0.25) is 9.59 Å². The van der Waals surface area contributed by atoms with Crippen LogP contribution in [-0.4, -0.2) is 25.9 Å². The van der Waals surface area contributed by atoms with Gasteiger partial charge in [-0.25, -0.2) is 0 Å². The second kappa shape index (κ2) is 8.36. The summed E-state index contributed by atoms with van der Waals surface area (Å²) < 4.78 is 10.3. The monoisotopic (exact) mass is 347 g/mol. The van der Waals surface area contributed by atoms with Crippen LogP contribution in [0.3, 0.4) is 0 Å². The molecule has 2 rings (SSSR count). The minimum atomic E-state index is -0.290. The zero-order valence-corrected chi connectivity index (χ0v) is 14.2. The summed E-state index contributed by atoms with van der Waals surface area (Å²) in [5, 5.41) is 3.11. The Bertz CT molecular complexity index is 746. The van der Waals surface area contributed by atoms with E-state index in [0.717, 1.165) is 0 Å². The number of ether oxygens (including phenoxy) is 2. The van der Waals surface area contributed by atoms with Gasteiger partial charge in [0.1, 0.15) is 11.5 Å². The molecule has 0 bridgehead atoms. The zero-order chi connectivity index (χ0) is 17.5. The molecule has 0 aliphatic heterocycles. The Kier molecular flexibility index (Phi) is 6.21. The maximum atomic E-state index is 12.1. The molecule has 0 fully saturated rings. The molecule has 126 valence electrons. The maximum Gasteiger partial charge on any atom is 0.224 e. The lowest BCUT2D eigenvalue weighted by atomic mass is 10.1.